The van der Waals surface area contributed by atoms with Crippen molar-refractivity contribution in [3.8, 4) is 0 Å². The molecule has 1 unspecified atom stereocenters. The lowest BCUT2D eigenvalue weighted by Crippen LogP contribution is -2.39. The maximum atomic E-state index is 12.2. The highest BCUT2D eigenvalue weighted by molar-refractivity contribution is 7.89. The molecule has 0 aliphatic heterocycles. The number of rotatable bonds is 7. The van der Waals surface area contributed by atoms with Gasteiger partial charge in [-0.05, 0) is 39.5 Å². The Morgan fingerprint density at radius 2 is 2.11 bits per heavy atom. The Bertz CT molecular complexity index is 468. The zero-order valence-electron chi connectivity index (χ0n) is 11.2. The van der Waals surface area contributed by atoms with Crippen molar-refractivity contribution in [1.29, 1.82) is 0 Å². The number of nitrogens with zero attached hydrogens (tertiary/aromatic N) is 1. The molecule has 0 bridgehead atoms. The van der Waals surface area contributed by atoms with Crippen LogP contribution in [0.2, 0.25) is 0 Å². The van der Waals surface area contributed by atoms with Crippen LogP contribution in [0.4, 0.5) is 0 Å². The third-order valence-corrected chi connectivity index (χ3v) is 5.05. The summed E-state index contributed by atoms with van der Waals surface area (Å²) in [7, 11) is 2.22. The SMILES string of the molecule is CNCc1sccc1S(=O)(=O)NC(C)CN(C)C. The zero-order chi connectivity index (χ0) is 13.8. The molecule has 1 heterocycles. The molecule has 0 saturated heterocycles. The van der Waals surface area contributed by atoms with Gasteiger partial charge in [0.25, 0.3) is 0 Å². The summed E-state index contributed by atoms with van der Waals surface area (Å²) in [6, 6.07) is 1.54. The normalized spacial score (nSPS) is 14.1. The summed E-state index contributed by atoms with van der Waals surface area (Å²) in [6.07, 6.45) is 0. The highest BCUT2D eigenvalue weighted by Gasteiger charge is 2.21. The van der Waals surface area contributed by atoms with Crippen molar-refractivity contribution >= 4 is 21.4 Å². The van der Waals surface area contributed by atoms with Gasteiger partial charge in [0.05, 0.1) is 4.90 Å². The minimum absolute atomic E-state index is 0.118. The molecular weight excluding hydrogens is 270 g/mol. The van der Waals surface area contributed by atoms with Gasteiger partial charge < -0.3 is 10.2 Å². The number of hydrogen-bond acceptors (Lipinski definition) is 5. The minimum atomic E-state index is -3.42. The van der Waals surface area contributed by atoms with Crippen LogP contribution in [0.15, 0.2) is 16.3 Å². The van der Waals surface area contributed by atoms with Crippen LogP contribution in [0.25, 0.3) is 0 Å². The van der Waals surface area contributed by atoms with E-state index in [9.17, 15) is 8.42 Å². The molecule has 0 fully saturated rings. The number of sulfonamides is 1. The minimum Gasteiger partial charge on any atom is -0.315 e. The molecule has 7 heteroatoms. The molecule has 0 aromatic carbocycles. The van der Waals surface area contributed by atoms with E-state index in [4.69, 9.17) is 0 Å². The van der Waals surface area contributed by atoms with Crippen LogP contribution in [0.3, 0.4) is 0 Å². The zero-order valence-corrected chi connectivity index (χ0v) is 12.9. The molecular formula is C11H21N3O2S2. The second-order valence-corrected chi connectivity index (χ2v) is 7.21. The van der Waals surface area contributed by atoms with Gasteiger partial charge in [-0.1, -0.05) is 0 Å². The van der Waals surface area contributed by atoms with Crippen molar-refractivity contribution in [2.75, 3.05) is 27.7 Å². The van der Waals surface area contributed by atoms with E-state index in [1.165, 1.54) is 11.3 Å². The fraction of sp³-hybridized carbons (Fsp3) is 0.636. The molecule has 0 saturated carbocycles. The monoisotopic (exact) mass is 291 g/mol. The van der Waals surface area contributed by atoms with Crippen molar-refractivity contribution in [3.05, 3.63) is 16.3 Å². The lowest BCUT2D eigenvalue weighted by atomic mass is 10.3. The summed E-state index contributed by atoms with van der Waals surface area (Å²) in [5, 5.41) is 4.78. The highest BCUT2D eigenvalue weighted by Crippen LogP contribution is 2.21. The summed E-state index contributed by atoms with van der Waals surface area (Å²) in [6.45, 7) is 3.10. The molecule has 1 aromatic heterocycles. The maximum Gasteiger partial charge on any atom is 0.242 e. The van der Waals surface area contributed by atoms with E-state index in [0.717, 1.165) is 4.88 Å². The largest absolute Gasteiger partial charge is 0.315 e. The number of likely N-dealkylation sites (N-methyl/N-ethyl adjacent to an activating group) is 1. The van der Waals surface area contributed by atoms with E-state index in [0.29, 0.717) is 18.0 Å². The number of hydrogen-bond donors (Lipinski definition) is 2. The van der Waals surface area contributed by atoms with Crippen LogP contribution < -0.4 is 10.0 Å². The Morgan fingerprint density at radius 3 is 2.67 bits per heavy atom. The van der Waals surface area contributed by atoms with Crippen LogP contribution in [0.5, 0.6) is 0 Å². The van der Waals surface area contributed by atoms with Gasteiger partial charge in [-0.2, -0.15) is 0 Å². The van der Waals surface area contributed by atoms with Crippen molar-refractivity contribution in [2.24, 2.45) is 0 Å². The van der Waals surface area contributed by atoms with Gasteiger partial charge in [-0.25, -0.2) is 13.1 Å². The van der Waals surface area contributed by atoms with Crippen molar-refractivity contribution in [3.63, 3.8) is 0 Å². The van der Waals surface area contributed by atoms with Crippen molar-refractivity contribution < 1.29 is 8.42 Å². The molecule has 0 aliphatic carbocycles. The third-order valence-electron chi connectivity index (χ3n) is 2.33. The molecule has 104 valence electrons. The summed E-state index contributed by atoms with van der Waals surface area (Å²) >= 11 is 1.45. The van der Waals surface area contributed by atoms with Crippen LogP contribution in [0, 0.1) is 0 Å². The van der Waals surface area contributed by atoms with Crippen molar-refractivity contribution in [2.45, 2.75) is 24.4 Å². The van der Waals surface area contributed by atoms with E-state index in [2.05, 4.69) is 10.0 Å². The molecule has 1 aromatic rings. The van der Waals surface area contributed by atoms with Gasteiger partial charge in [0, 0.05) is 24.0 Å². The predicted molar refractivity (Wildman–Crippen MR) is 75.4 cm³/mol. The summed E-state index contributed by atoms with van der Waals surface area (Å²) < 4.78 is 27.2. The Balaban J connectivity index is 2.82. The molecule has 5 nitrogen and oxygen atoms in total. The first-order valence-electron chi connectivity index (χ1n) is 5.75. The molecule has 1 atom stereocenters. The van der Waals surface area contributed by atoms with E-state index in [-0.39, 0.29) is 6.04 Å². The van der Waals surface area contributed by atoms with E-state index >= 15 is 0 Å². The first kappa shape index (κ1) is 15.6. The molecule has 18 heavy (non-hydrogen) atoms. The Morgan fingerprint density at radius 1 is 1.44 bits per heavy atom. The number of thiophene rings is 1. The lowest BCUT2D eigenvalue weighted by molar-refractivity contribution is 0.370. The topological polar surface area (TPSA) is 61.4 Å². The average Bonchev–Trinajstić information content (AvgIpc) is 2.64. The van der Waals surface area contributed by atoms with Gasteiger partial charge in [0.15, 0.2) is 0 Å². The molecule has 0 amide bonds. The molecule has 0 radical (unpaired) electrons. The smallest absolute Gasteiger partial charge is 0.242 e. The first-order valence-corrected chi connectivity index (χ1v) is 8.11. The van der Waals surface area contributed by atoms with E-state index in [1.807, 2.05) is 25.9 Å². The molecule has 0 aliphatic rings. The third kappa shape index (κ3) is 4.33. The molecule has 0 spiro atoms. The van der Waals surface area contributed by atoms with Gasteiger partial charge in [-0.15, -0.1) is 11.3 Å². The molecule has 1 rings (SSSR count). The Hall–Kier alpha value is -0.470. The van der Waals surface area contributed by atoms with Crippen LogP contribution in [-0.4, -0.2) is 47.0 Å². The summed E-state index contributed by atoms with van der Waals surface area (Å²) in [5.74, 6) is 0. The van der Waals surface area contributed by atoms with Gasteiger partial charge >= 0.3 is 0 Å². The first-order chi connectivity index (χ1) is 8.36. The van der Waals surface area contributed by atoms with E-state index < -0.39 is 10.0 Å². The Labute approximate surface area is 113 Å². The standard InChI is InChI=1S/C11H21N3O2S2/c1-9(8-14(3)4)13-18(15,16)11-5-6-17-10(11)7-12-2/h5-6,9,12-13H,7-8H2,1-4H3. The summed E-state index contributed by atoms with van der Waals surface area (Å²) in [4.78, 5) is 3.17. The average molecular weight is 291 g/mol. The van der Waals surface area contributed by atoms with Crippen LogP contribution in [-0.2, 0) is 16.6 Å². The predicted octanol–water partition coefficient (Wildman–Crippen LogP) is 0.696. The maximum absolute atomic E-state index is 12.2. The quantitative estimate of drug-likeness (QED) is 0.776. The van der Waals surface area contributed by atoms with Crippen LogP contribution in [0.1, 0.15) is 11.8 Å². The van der Waals surface area contributed by atoms with Gasteiger partial charge in [-0.3, -0.25) is 0 Å². The van der Waals surface area contributed by atoms with E-state index in [1.54, 1.807) is 18.5 Å². The van der Waals surface area contributed by atoms with Gasteiger partial charge in [0.1, 0.15) is 0 Å². The lowest BCUT2D eigenvalue weighted by Gasteiger charge is -2.18. The fourth-order valence-electron chi connectivity index (χ4n) is 1.77. The van der Waals surface area contributed by atoms with Crippen LogP contribution >= 0.6 is 11.3 Å². The Kier molecular flexibility index (Phi) is 5.74. The fourth-order valence-corrected chi connectivity index (χ4v) is 4.46. The number of nitrogens with one attached hydrogen (secondary N) is 2. The summed E-state index contributed by atoms with van der Waals surface area (Å²) in [5.41, 5.74) is 0. The van der Waals surface area contributed by atoms with Gasteiger partial charge in [0.2, 0.25) is 10.0 Å². The second-order valence-electron chi connectivity index (χ2n) is 4.52. The second kappa shape index (κ2) is 6.63. The van der Waals surface area contributed by atoms with Crippen molar-refractivity contribution in [1.82, 2.24) is 14.9 Å². The molecule has 2 N–H and O–H groups in total. The highest BCUT2D eigenvalue weighted by atomic mass is 32.2.